The smallest absolute Gasteiger partial charge is 0.191 e. The molecule has 3 N–H and O–H groups in total. The van der Waals surface area contributed by atoms with Crippen LogP contribution in [0.4, 0.5) is 0 Å². The molecule has 0 spiro atoms. The van der Waals surface area contributed by atoms with Gasteiger partial charge in [0.25, 0.3) is 0 Å². The average Bonchev–Trinajstić information content (AvgIpc) is 2.87. The highest BCUT2D eigenvalue weighted by molar-refractivity contribution is 7.16. The van der Waals surface area contributed by atoms with Crippen LogP contribution in [-0.4, -0.2) is 36.3 Å². The molecule has 6 heteroatoms. The van der Waals surface area contributed by atoms with Gasteiger partial charge in [0.2, 0.25) is 0 Å². The zero-order valence-corrected chi connectivity index (χ0v) is 14.0. The summed E-state index contributed by atoms with van der Waals surface area (Å²) in [7, 11) is 0. The molecule has 21 heavy (non-hydrogen) atoms. The van der Waals surface area contributed by atoms with E-state index >= 15 is 0 Å². The van der Waals surface area contributed by atoms with Gasteiger partial charge < -0.3 is 15.7 Å². The maximum Gasteiger partial charge on any atom is 0.191 e. The molecule has 0 amide bonds. The van der Waals surface area contributed by atoms with Gasteiger partial charge in [-0.05, 0) is 44.7 Å². The van der Waals surface area contributed by atoms with E-state index in [2.05, 4.69) is 28.6 Å². The van der Waals surface area contributed by atoms with Crippen molar-refractivity contribution in [3.8, 4) is 0 Å². The van der Waals surface area contributed by atoms with E-state index in [-0.39, 0.29) is 6.10 Å². The molecule has 1 heterocycles. The van der Waals surface area contributed by atoms with Crippen molar-refractivity contribution in [2.75, 3.05) is 13.1 Å². The lowest BCUT2D eigenvalue weighted by Gasteiger charge is -2.27. The van der Waals surface area contributed by atoms with E-state index in [1.807, 2.05) is 6.07 Å². The Morgan fingerprint density at radius 1 is 1.38 bits per heavy atom. The topological polar surface area (TPSA) is 56.7 Å². The lowest BCUT2D eigenvalue weighted by atomic mass is 9.93. The Kier molecular flexibility index (Phi) is 6.80. The van der Waals surface area contributed by atoms with E-state index in [0.29, 0.717) is 6.04 Å². The lowest BCUT2D eigenvalue weighted by molar-refractivity contribution is 0.120. The first-order valence-electron chi connectivity index (χ1n) is 7.64. The molecule has 0 saturated heterocycles. The van der Waals surface area contributed by atoms with Crippen LogP contribution in [0.1, 0.15) is 37.5 Å². The van der Waals surface area contributed by atoms with Crippen molar-refractivity contribution in [2.24, 2.45) is 4.99 Å². The van der Waals surface area contributed by atoms with Crippen LogP contribution in [0.2, 0.25) is 4.34 Å². The minimum absolute atomic E-state index is 0.119. The number of aliphatic hydroxyl groups excluding tert-OH is 1. The molecule has 0 aliphatic heterocycles. The van der Waals surface area contributed by atoms with E-state index in [0.717, 1.165) is 55.5 Å². The number of rotatable bonds is 5. The number of halogens is 1. The normalized spacial score (nSPS) is 23.1. The van der Waals surface area contributed by atoms with Gasteiger partial charge >= 0.3 is 0 Å². The molecular formula is C15H24ClN3OS. The van der Waals surface area contributed by atoms with E-state index in [1.54, 1.807) is 11.3 Å². The van der Waals surface area contributed by atoms with Gasteiger partial charge in [0.15, 0.2) is 5.96 Å². The van der Waals surface area contributed by atoms with Crippen LogP contribution in [0.5, 0.6) is 0 Å². The maximum absolute atomic E-state index is 9.55. The molecule has 0 aromatic carbocycles. The summed E-state index contributed by atoms with van der Waals surface area (Å²) in [5.41, 5.74) is 0. The van der Waals surface area contributed by atoms with Crippen molar-refractivity contribution in [3.63, 3.8) is 0 Å². The van der Waals surface area contributed by atoms with Crippen molar-refractivity contribution in [1.29, 1.82) is 0 Å². The molecule has 1 saturated carbocycles. The molecule has 2 rings (SSSR count). The molecule has 0 radical (unpaired) electrons. The predicted molar refractivity (Wildman–Crippen MR) is 90.4 cm³/mol. The highest BCUT2D eigenvalue weighted by atomic mass is 35.5. The van der Waals surface area contributed by atoms with Crippen LogP contribution in [0, 0.1) is 0 Å². The second kappa shape index (κ2) is 8.61. The quantitative estimate of drug-likeness (QED) is 0.575. The van der Waals surface area contributed by atoms with Crippen molar-refractivity contribution in [1.82, 2.24) is 10.6 Å². The minimum atomic E-state index is -0.119. The van der Waals surface area contributed by atoms with Crippen LogP contribution >= 0.6 is 22.9 Å². The standard InChI is InChI=1S/C15H24ClN3OS/c1-2-17-15(19-11-3-5-12(20)6-4-11)18-10-9-13-7-8-14(16)21-13/h7-8,11-12,20H,2-6,9-10H2,1H3,(H2,17,18,19). The summed E-state index contributed by atoms with van der Waals surface area (Å²) in [4.78, 5) is 5.89. The summed E-state index contributed by atoms with van der Waals surface area (Å²) in [5.74, 6) is 0.876. The molecule has 0 unspecified atom stereocenters. The molecule has 1 aromatic rings. The number of aliphatic imine (C=N–C) groups is 1. The number of guanidine groups is 1. The fourth-order valence-corrected chi connectivity index (χ4v) is 3.57. The van der Waals surface area contributed by atoms with Crippen molar-refractivity contribution in [3.05, 3.63) is 21.3 Å². The second-order valence-electron chi connectivity index (χ2n) is 5.37. The van der Waals surface area contributed by atoms with E-state index in [1.165, 1.54) is 4.88 Å². The van der Waals surface area contributed by atoms with Crippen molar-refractivity contribution >= 4 is 28.9 Å². The summed E-state index contributed by atoms with van der Waals surface area (Å²) < 4.78 is 0.833. The van der Waals surface area contributed by atoms with Gasteiger partial charge in [0.05, 0.1) is 10.4 Å². The van der Waals surface area contributed by atoms with Gasteiger partial charge in [-0.25, -0.2) is 0 Å². The Bertz CT molecular complexity index is 456. The third-order valence-electron chi connectivity index (χ3n) is 3.64. The molecule has 1 aliphatic rings. The van der Waals surface area contributed by atoms with Gasteiger partial charge in [-0.1, -0.05) is 11.6 Å². The SMILES string of the molecule is CCNC(=NCCc1ccc(Cl)s1)NC1CCC(O)CC1. The van der Waals surface area contributed by atoms with Crippen LogP contribution in [0.25, 0.3) is 0 Å². The maximum atomic E-state index is 9.55. The summed E-state index contributed by atoms with van der Waals surface area (Å²) in [6.07, 6.45) is 4.57. The Balaban J connectivity index is 1.81. The molecule has 0 atom stereocenters. The van der Waals surface area contributed by atoms with Gasteiger partial charge in [0, 0.05) is 30.4 Å². The number of thiophene rings is 1. The summed E-state index contributed by atoms with van der Waals surface area (Å²) >= 11 is 7.55. The first-order chi connectivity index (χ1) is 10.2. The summed E-state index contributed by atoms with van der Waals surface area (Å²) in [5, 5.41) is 16.3. The van der Waals surface area contributed by atoms with Gasteiger partial charge in [-0.2, -0.15) is 0 Å². The minimum Gasteiger partial charge on any atom is -0.393 e. The Morgan fingerprint density at radius 2 is 2.14 bits per heavy atom. The monoisotopic (exact) mass is 329 g/mol. The molecular weight excluding hydrogens is 306 g/mol. The summed E-state index contributed by atoms with van der Waals surface area (Å²) in [6, 6.07) is 4.41. The number of aliphatic hydroxyl groups is 1. The van der Waals surface area contributed by atoms with Crippen LogP contribution in [-0.2, 0) is 6.42 Å². The summed E-state index contributed by atoms with van der Waals surface area (Å²) in [6.45, 7) is 3.67. The van der Waals surface area contributed by atoms with Crippen molar-refractivity contribution < 1.29 is 5.11 Å². The van der Waals surface area contributed by atoms with Gasteiger partial charge in [-0.3, -0.25) is 4.99 Å². The Labute approximate surface area is 135 Å². The molecule has 1 aromatic heterocycles. The number of hydrogen-bond donors (Lipinski definition) is 3. The van der Waals surface area contributed by atoms with Crippen LogP contribution < -0.4 is 10.6 Å². The van der Waals surface area contributed by atoms with Gasteiger partial charge in [-0.15, -0.1) is 11.3 Å². The predicted octanol–water partition coefficient (Wildman–Crippen LogP) is 2.80. The van der Waals surface area contributed by atoms with Gasteiger partial charge in [0.1, 0.15) is 0 Å². The number of nitrogens with one attached hydrogen (secondary N) is 2. The van der Waals surface area contributed by atoms with Crippen LogP contribution in [0.15, 0.2) is 17.1 Å². The molecule has 1 fully saturated rings. The fourth-order valence-electron chi connectivity index (χ4n) is 2.50. The number of nitrogens with zero attached hydrogens (tertiary/aromatic N) is 1. The first-order valence-corrected chi connectivity index (χ1v) is 8.84. The zero-order valence-electron chi connectivity index (χ0n) is 12.4. The second-order valence-corrected chi connectivity index (χ2v) is 7.17. The number of hydrogen-bond acceptors (Lipinski definition) is 3. The highest BCUT2D eigenvalue weighted by Crippen LogP contribution is 2.21. The molecule has 0 bridgehead atoms. The average molecular weight is 330 g/mol. The Morgan fingerprint density at radius 3 is 2.76 bits per heavy atom. The van der Waals surface area contributed by atoms with Crippen LogP contribution in [0.3, 0.4) is 0 Å². The molecule has 118 valence electrons. The highest BCUT2D eigenvalue weighted by Gasteiger charge is 2.19. The third-order valence-corrected chi connectivity index (χ3v) is 4.93. The first kappa shape index (κ1) is 16.6. The van der Waals surface area contributed by atoms with Crippen molar-refractivity contribution in [2.45, 2.75) is 51.2 Å². The fraction of sp³-hybridized carbons (Fsp3) is 0.667. The Hall–Kier alpha value is -0.780. The van der Waals surface area contributed by atoms with E-state index in [9.17, 15) is 5.11 Å². The van der Waals surface area contributed by atoms with E-state index < -0.39 is 0 Å². The lowest BCUT2D eigenvalue weighted by Crippen LogP contribution is -2.45. The molecule has 4 nitrogen and oxygen atoms in total. The third kappa shape index (κ3) is 5.85. The zero-order chi connectivity index (χ0) is 15.1. The van der Waals surface area contributed by atoms with E-state index in [4.69, 9.17) is 11.6 Å². The largest absolute Gasteiger partial charge is 0.393 e. The molecule has 1 aliphatic carbocycles.